The number of nitrogens with one attached hydrogen (secondary N) is 1. The highest BCUT2D eigenvalue weighted by atomic mass is 32.1. The van der Waals surface area contributed by atoms with Crippen LogP contribution in [0.15, 0.2) is 24.2 Å². The zero-order chi connectivity index (χ0) is 9.10. The maximum atomic E-state index is 11.3. The second-order valence-electron chi connectivity index (χ2n) is 2.15. The van der Waals surface area contributed by atoms with Gasteiger partial charge in [0.25, 0.3) is 5.91 Å². The molecule has 0 aliphatic rings. The van der Waals surface area contributed by atoms with Crippen molar-refractivity contribution in [3.05, 3.63) is 29.2 Å². The van der Waals surface area contributed by atoms with E-state index in [2.05, 4.69) is 20.6 Å². The average molecular weight is 195 g/mol. The lowest BCUT2D eigenvalue weighted by molar-refractivity contribution is 0.101. The van der Waals surface area contributed by atoms with E-state index in [0.717, 1.165) is 0 Å². The van der Waals surface area contributed by atoms with E-state index in [4.69, 9.17) is 0 Å². The molecule has 0 atom stereocenters. The van der Waals surface area contributed by atoms with Gasteiger partial charge in [-0.15, -0.1) is 21.5 Å². The van der Waals surface area contributed by atoms with Gasteiger partial charge < -0.3 is 0 Å². The Morgan fingerprint density at radius 2 is 2.23 bits per heavy atom. The highest BCUT2D eigenvalue weighted by Gasteiger charge is 2.07. The number of hydrogen-bond acceptors (Lipinski definition) is 5. The SMILES string of the molecule is O=C(Nn1cnnc1)c1nccs1. The topological polar surface area (TPSA) is 72.7 Å². The first-order chi connectivity index (χ1) is 6.36. The number of carbonyl (C=O) groups excluding carboxylic acids is 1. The fourth-order valence-corrected chi connectivity index (χ4v) is 1.28. The highest BCUT2D eigenvalue weighted by molar-refractivity contribution is 7.11. The number of aromatic nitrogens is 4. The van der Waals surface area contributed by atoms with Crippen molar-refractivity contribution in [2.24, 2.45) is 0 Å². The third-order valence-electron chi connectivity index (χ3n) is 1.28. The van der Waals surface area contributed by atoms with Crippen molar-refractivity contribution in [3.63, 3.8) is 0 Å². The number of amides is 1. The molecule has 0 aliphatic heterocycles. The summed E-state index contributed by atoms with van der Waals surface area (Å²) in [7, 11) is 0. The molecule has 2 heterocycles. The molecule has 7 heteroatoms. The minimum absolute atomic E-state index is 0.269. The predicted molar refractivity (Wildman–Crippen MR) is 45.8 cm³/mol. The molecule has 13 heavy (non-hydrogen) atoms. The number of nitrogens with zero attached hydrogens (tertiary/aromatic N) is 4. The minimum Gasteiger partial charge on any atom is -0.265 e. The zero-order valence-corrected chi connectivity index (χ0v) is 7.23. The smallest absolute Gasteiger partial charge is 0.265 e. The van der Waals surface area contributed by atoms with Crippen LogP contribution in [0.2, 0.25) is 0 Å². The number of carbonyl (C=O) groups is 1. The Bertz CT molecular complexity index is 381. The maximum absolute atomic E-state index is 11.3. The third kappa shape index (κ3) is 1.70. The van der Waals surface area contributed by atoms with Crippen LogP contribution in [0.1, 0.15) is 9.80 Å². The third-order valence-corrected chi connectivity index (χ3v) is 2.05. The summed E-state index contributed by atoms with van der Waals surface area (Å²) >= 11 is 1.28. The molecule has 2 aromatic heterocycles. The largest absolute Gasteiger partial charge is 0.299 e. The van der Waals surface area contributed by atoms with Crippen molar-refractivity contribution in [3.8, 4) is 0 Å². The van der Waals surface area contributed by atoms with Crippen LogP contribution in [0.5, 0.6) is 0 Å². The van der Waals surface area contributed by atoms with Gasteiger partial charge in [-0.05, 0) is 0 Å². The second-order valence-corrected chi connectivity index (χ2v) is 3.04. The van der Waals surface area contributed by atoms with Gasteiger partial charge in [-0.1, -0.05) is 0 Å². The Kier molecular flexibility index (Phi) is 2.01. The van der Waals surface area contributed by atoms with Gasteiger partial charge in [-0.25, -0.2) is 9.66 Å². The lowest BCUT2D eigenvalue weighted by atomic mass is 10.7. The van der Waals surface area contributed by atoms with Gasteiger partial charge in [-0.3, -0.25) is 10.2 Å². The van der Waals surface area contributed by atoms with E-state index >= 15 is 0 Å². The van der Waals surface area contributed by atoms with Gasteiger partial charge in [-0.2, -0.15) is 0 Å². The molecule has 2 aromatic rings. The minimum atomic E-state index is -0.269. The fourth-order valence-electron chi connectivity index (χ4n) is 0.759. The summed E-state index contributed by atoms with van der Waals surface area (Å²) < 4.78 is 1.36. The summed E-state index contributed by atoms with van der Waals surface area (Å²) in [6, 6.07) is 0. The molecule has 0 aromatic carbocycles. The summed E-state index contributed by atoms with van der Waals surface area (Å²) in [6.45, 7) is 0. The Labute approximate surface area is 77.2 Å². The molecule has 1 N–H and O–H groups in total. The van der Waals surface area contributed by atoms with Gasteiger partial charge in [0.2, 0.25) is 0 Å². The van der Waals surface area contributed by atoms with Crippen molar-refractivity contribution in [2.75, 3.05) is 5.43 Å². The first-order valence-electron chi connectivity index (χ1n) is 3.42. The quantitative estimate of drug-likeness (QED) is 0.738. The summed E-state index contributed by atoms with van der Waals surface area (Å²) in [6.07, 6.45) is 4.36. The lowest BCUT2D eigenvalue weighted by Gasteiger charge is -1.99. The van der Waals surface area contributed by atoms with Crippen LogP contribution >= 0.6 is 11.3 Å². The molecule has 0 saturated carbocycles. The summed E-state index contributed by atoms with van der Waals surface area (Å²) in [5, 5.41) is 9.22. The first-order valence-corrected chi connectivity index (χ1v) is 4.30. The molecule has 6 nitrogen and oxygen atoms in total. The standard InChI is InChI=1S/C6H5N5OS/c12-5(6-7-1-2-13-6)10-11-3-8-9-4-11/h1-4H,(H,10,12). The Balaban J connectivity index is 2.08. The molecule has 0 spiro atoms. The van der Waals surface area contributed by atoms with Crippen LogP contribution in [0.3, 0.4) is 0 Å². The predicted octanol–water partition coefficient (Wildman–Crippen LogP) is 0.118. The van der Waals surface area contributed by atoms with Crippen LogP contribution in [0.25, 0.3) is 0 Å². The van der Waals surface area contributed by atoms with Crippen LogP contribution in [-0.4, -0.2) is 25.8 Å². The molecule has 66 valence electrons. The number of rotatable bonds is 2. The van der Waals surface area contributed by atoms with Crippen molar-refractivity contribution >= 4 is 17.2 Å². The van der Waals surface area contributed by atoms with Gasteiger partial charge in [0.15, 0.2) is 5.01 Å². The summed E-state index contributed by atoms with van der Waals surface area (Å²) in [4.78, 5) is 15.2. The van der Waals surface area contributed by atoms with E-state index in [0.29, 0.717) is 5.01 Å². The van der Waals surface area contributed by atoms with E-state index in [1.165, 1.54) is 28.7 Å². The Hall–Kier alpha value is -1.76. The van der Waals surface area contributed by atoms with E-state index in [1.54, 1.807) is 11.6 Å². The van der Waals surface area contributed by atoms with Crippen molar-refractivity contribution in [1.82, 2.24) is 19.9 Å². The van der Waals surface area contributed by atoms with Gasteiger partial charge in [0, 0.05) is 11.6 Å². The van der Waals surface area contributed by atoms with E-state index < -0.39 is 0 Å². The molecule has 0 saturated heterocycles. The average Bonchev–Trinajstić information content (AvgIpc) is 2.74. The molecule has 0 bridgehead atoms. The normalized spacial score (nSPS) is 9.85. The van der Waals surface area contributed by atoms with Crippen molar-refractivity contribution in [1.29, 1.82) is 0 Å². The fraction of sp³-hybridized carbons (Fsp3) is 0. The molecular formula is C6H5N5OS. The first kappa shape index (κ1) is 7.87. The molecule has 2 rings (SSSR count). The van der Waals surface area contributed by atoms with Gasteiger partial charge in [0.05, 0.1) is 0 Å². The van der Waals surface area contributed by atoms with Gasteiger partial charge in [0.1, 0.15) is 12.7 Å². The number of thiazole rings is 1. The molecular weight excluding hydrogens is 190 g/mol. The van der Waals surface area contributed by atoms with E-state index in [1.807, 2.05) is 0 Å². The van der Waals surface area contributed by atoms with Gasteiger partial charge >= 0.3 is 0 Å². The van der Waals surface area contributed by atoms with Crippen molar-refractivity contribution in [2.45, 2.75) is 0 Å². The van der Waals surface area contributed by atoms with E-state index in [9.17, 15) is 4.79 Å². The number of hydrogen-bond donors (Lipinski definition) is 1. The molecule has 1 amide bonds. The van der Waals surface area contributed by atoms with Crippen LogP contribution in [0.4, 0.5) is 0 Å². The summed E-state index contributed by atoms with van der Waals surface area (Å²) in [5.74, 6) is -0.269. The lowest BCUT2D eigenvalue weighted by Crippen LogP contribution is -2.21. The zero-order valence-electron chi connectivity index (χ0n) is 6.41. The monoisotopic (exact) mass is 195 g/mol. The van der Waals surface area contributed by atoms with Crippen LogP contribution in [0, 0.1) is 0 Å². The van der Waals surface area contributed by atoms with Crippen LogP contribution < -0.4 is 5.43 Å². The van der Waals surface area contributed by atoms with Crippen LogP contribution in [-0.2, 0) is 0 Å². The summed E-state index contributed by atoms with van der Waals surface area (Å²) in [5.41, 5.74) is 2.52. The molecule has 0 radical (unpaired) electrons. The van der Waals surface area contributed by atoms with E-state index in [-0.39, 0.29) is 5.91 Å². The second kappa shape index (κ2) is 3.31. The molecule has 0 fully saturated rings. The van der Waals surface area contributed by atoms with Crippen molar-refractivity contribution < 1.29 is 4.79 Å². The Morgan fingerprint density at radius 3 is 2.85 bits per heavy atom. The Morgan fingerprint density at radius 1 is 1.46 bits per heavy atom. The highest BCUT2D eigenvalue weighted by Crippen LogP contribution is 2.03. The maximum Gasteiger partial charge on any atom is 0.299 e. The molecule has 0 unspecified atom stereocenters. The molecule has 0 aliphatic carbocycles.